The van der Waals surface area contributed by atoms with Crippen LogP contribution in [0, 0.1) is 5.92 Å². The summed E-state index contributed by atoms with van der Waals surface area (Å²) in [5.74, 6) is 1.49. The summed E-state index contributed by atoms with van der Waals surface area (Å²) in [6.07, 6.45) is 2.40. The van der Waals surface area contributed by atoms with Crippen LogP contribution in [-0.2, 0) is 6.54 Å². The Balaban J connectivity index is 2.11. The van der Waals surface area contributed by atoms with Gasteiger partial charge in [0.05, 0.1) is 23.7 Å². The van der Waals surface area contributed by atoms with Crippen molar-refractivity contribution in [1.82, 2.24) is 9.55 Å². The maximum absolute atomic E-state index is 9.17. The molecule has 0 bridgehead atoms. The third-order valence-electron chi connectivity index (χ3n) is 3.44. The minimum absolute atomic E-state index is 0.00829. The molecular weight excluding hydrogens is 214 g/mol. The van der Waals surface area contributed by atoms with Gasteiger partial charge in [-0.3, -0.25) is 0 Å². The van der Waals surface area contributed by atoms with Crippen LogP contribution in [-0.4, -0.2) is 21.3 Å². The van der Waals surface area contributed by atoms with Gasteiger partial charge in [-0.05, 0) is 30.9 Å². The first-order valence-electron chi connectivity index (χ1n) is 6.13. The first-order valence-corrected chi connectivity index (χ1v) is 6.13. The van der Waals surface area contributed by atoms with Gasteiger partial charge in [0.2, 0.25) is 0 Å². The molecule has 1 fully saturated rings. The van der Waals surface area contributed by atoms with E-state index in [1.54, 1.807) is 0 Å². The number of para-hydroxylation sites is 2. The minimum atomic E-state index is 0.00829. The van der Waals surface area contributed by atoms with Crippen LogP contribution in [0.4, 0.5) is 0 Å². The van der Waals surface area contributed by atoms with Crippen molar-refractivity contribution in [2.24, 2.45) is 11.7 Å². The van der Waals surface area contributed by atoms with E-state index >= 15 is 0 Å². The van der Waals surface area contributed by atoms with Crippen molar-refractivity contribution < 1.29 is 5.11 Å². The van der Waals surface area contributed by atoms with E-state index in [1.165, 1.54) is 12.8 Å². The second-order valence-corrected chi connectivity index (χ2v) is 4.70. The van der Waals surface area contributed by atoms with Gasteiger partial charge < -0.3 is 15.4 Å². The monoisotopic (exact) mass is 231 g/mol. The van der Waals surface area contributed by atoms with Crippen LogP contribution in [0.1, 0.15) is 24.7 Å². The SMILES string of the molecule is NC(c1nc2ccccc2n1CCO)C1CC1. The molecule has 0 amide bonds. The Kier molecular flexibility index (Phi) is 2.61. The zero-order valence-electron chi connectivity index (χ0n) is 9.71. The van der Waals surface area contributed by atoms with Gasteiger partial charge in [0.15, 0.2) is 0 Å². The molecule has 1 unspecified atom stereocenters. The lowest BCUT2D eigenvalue weighted by molar-refractivity contribution is 0.274. The highest BCUT2D eigenvalue weighted by Crippen LogP contribution is 2.39. The van der Waals surface area contributed by atoms with Crippen molar-refractivity contribution in [3.8, 4) is 0 Å². The third-order valence-corrected chi connectivity index (χ3v) is 3.44. The molecule has 17 heavy (non-hydrogen) atoms. The first-order chi connectivity index (χ1) is 8.31. The summed E-state index contributed by atoms with van der Waals surface area (Å²) in [6.45, 7) is 0.682. The van der Waals surface area contributed by atoms with Crippen molar-refractivity contribution in [2.45, 2.75) is 25.4 Å². The van der Waals surface area contributed by atoms with E-state index in [0.29, 0.717) is 12.5 Å². The summed E-state index contributed by atoms with van der Waals surface area (Å²) < 4.78 is 2.05. The summed E-state index contributed by atoms with van der Waals surface area (Å²) in [7, 11) is 0. The zero-order valence-corrected chi connectivity index (χ0v) is 9.71. The maximum atomic E-state index is 9.17. The fourth-order valence-corrected chi connectivity index (χ4v) is 2.35. The summed E-state index contributed by atoms with van der Waals surface area (Å²) >= 11 is 0. The van der Waals surface area contributed by atoms with Gasteiger partial charge in [0.25, 0.3) is 0 Å². The second kappa shape index (κ2) is 4.13. The van der Waals surface area contributed by atoms with Crippen LogP contribution in [0.15, 0.2) is 24.3 Å². The van der Waals surface area contributed by atoms with Crippen molar-refractivity contribution in [1.29, 1.82) is 0 Å². The van der Waals surface area contributed by atoms with E-state index in [0.717, 1.165) is 16.9 Å². The summed E-state index contributed by atoms with van der Waals surface area (Å²) in [6, 6.07) is 8.00. The van der Waals surface area contributed by atoms with E-state index < -0.39 is 0 Å². The molecule has 2 aromatic rings. The minimum Gasteiger partial charge on any atom is -0.395 e. The Hall–Kier alpha value is -1.39. The van der Waals surface area contributed by atoms with Crippen LogP contribution >= 0.6 is 0 Å². The highest BCUT2D eigenvalue weighted by molar-refractivity contribution is 5.76. The van der Waals surface area contributed by atoms with E-state index in [4.69, 9.17) is 10.8 Å². The lowest BCUT2D eigenvalue weighted by atomic mass is 10.2. The quantitative estimate of drug-likeness (QED) is 0.836. The molecule has 1 heterocycles. The first kappa shape index (κ1) is 10.7. The van der Waals surface area contributed by atoms with E-state index in [1.807, 2.05) is 24.3 Å². The number of imidazole rings is 1. The molecule has 3 rings (SSSR count). The molecule has 1 aromatic heterocycles. The van der Waals surface area contributed by atoms with Crippen molar-refractivity contribution in [3.05, 3.63) is 30.1 Å². The molecule has 1 aromatic carbocycles. The van der Waals surface area contributed by atoms with Gasteiger partial charge >= 0.3 is 0 Å². The van der Waals surface area contributed by atoms with Crippen molar-refractivity contribution in [2.75, 3.05) is 6.61 Å². The molecule has 0 radical (unpaired) electrons. The zero-order chi connectivity index (χ0) is 11.8. The number of benzene rings is 1. The highest BCUT2D eigenvalue weighted by Gasteiger charge is 2.32. The molecule has 1 aliphatic rings. The predicted molar refractivity (Wildman–Crippen MR) is 66.5 cm³/mol. The number of hydrogen-bond acceptors (Lipinski definition) is 3. The lowest BCUT2D eigenvalue weighted by Crippen LogP contribution is -2.19. The Morgan fingerprint density at radius 2 is 2.18 bits per heavy atom. The Morgan fingerprint density at radius 3 is 2.88 bits per heavy atom. The average molecular weight is 231 g/mol. The Bertz CT molecular complexity index is 530. The van der Waals surface area contributed by atoms with E-state index in [9.17, 15) is 0 Å². The summed E-state index contributed by atoms with van der Waals surface area (Å²) in [5, 5.41) is 9.17. The highest BCUT2D eigenvalue weighted by atomic mass is 16.3. The van der Waals surface area contributed by atoms with Gasteiger partial charge in [-0.15, -0.1) is 0 Å². The molecule has 1 saturated carbocycles. The van der Waals surface area contributed by atoms with Crippen LogP contribution in [0.25, 0.3) is 11.0 Å². The molecular formula is C13H17N3O. The Labute approximate surface area is 100 Å². The van der Waals surface area contributed by atoms with E-state index in [2.05, 4.69) is 9.55 Å². The number of rotatable bonds is 4. The fraction of sp³-hybridized carbons (Fsp3) is 0.462. The third kappa shape index (κ3) is 1.83. The molecule has 1 aliphatic carbocycles. The van der Waals surface area contributed by atoms with Gasteiger partial charge in [-0.1, -0.05) is 12.1 Å². The molecule has 4 nitrogen and oxygen atoms in total. The number of aliphatic hydroxyl groups is 1. The molecule has 0 spiro atoms. The number of nitrogens with two attached hydrogens (primary N) is 1. The summed E-state index contributed by atoms with van der Waals surface area (Å²) in [5.41, 5.74) is 8.26. The lowest BCUT2D eigenvalue weighted by Gasteiger charge is -2.12. The topological polar surface area (TPSA) is 64.1 Å². The van der Waals surface area contributed by atoms with Gasteiger partial charge in [0, 0.05) is 6.54 Å². The van der Waals surface area contributed by atoms with E-state index in [-0.39, 0.29) is 12.6 Å². The fourth-order valence-electron chi connectivity index (χ4n) is 2.35. The van der Waals surface area contributed by atoms with Crippen molar-refractivity contribution in [3.63, 3.8) is 0 Å². The number of hydrogen-bond donors (Lipinski definition) is 2. The second-order valence-electron chi connectivity index (χ2n) is 4.70. The van der Waals surface area contributed by atoms with Gasteiger partial charge in [0.1, 0.15) is 5.82 Å². The van der Waals surface area contributed by atoms with Crippen LogP contribution in [0.5, 0.6) is 0 Å². The molecule has 4 heteroatoms. The smallest absolute Gasteiger partial charge is 0.127 e. The van der Waals surface area contributed by atoms with Crippen LogP contribution in [0.2, 0.25) is 0 Å². The molecule has 1 atom stereocenters. The number of aromatic nitrogens is 2. The average Bonchev–Trinajstić information content (AvgIpc) is 3.13. The molecule has 0 aliphatic heterocycles. The standard InChI is InChI=1S/C13H17N3O/c14-12(9-5-6-9)13-15-10-3-1-2-4-11(10)16(13)7-8-17/h1-4,9,12,17H,5-8,14H2. The largest absolute Gasteiger partial charge is 0.395 e. The Morgan fingerprint density at radius 1 is 1.41 bits per heavy atom. The number of nitrogens with zero attached hydrogens (tertiary/aromatic N) is 2. The van der Waals surface area contributed by atoms with Crippen molar-refractivity contribution >= 4 is 11.0 Å². The summed E-state index contributed by atoms with van der Waals surface area (Å²) in [4.78, 5) is 4.62. The normalized spacial score (nSPS) is 17.5. The number of fused-ring (bicyclic) bond motifs is 1. The maximum Gasteiger partial charge on any atom is 0.127 e. The number of aliphatic hydroxyl groups excluding tert-OH is 1. The van der Waals surface area contributed by atoms with Gasteiger partial charge in [-0.25, -0.2) is 4.98 Å². The van der Waals surface area contributed by atoms with Crippen LogP contribution in [0.3, 0.4) is 0 Å². The van der Waals surface area contributed by atoms with Gasteiger partial charge in [-0.2, -0.15) is 0 Å². The molecule has 0 saturated heterocycles. The molecule has 90 valence electrons. The van der Waals surface area contributed by atoms with Crippen LogP contribution < -0.4 is 5.73 Å². The predicted octanol–water partition coefficient (Wildman–Crippen LogP) is 1.44. The molecule has 3 N–H and O–H groups in total.